The summed E-state index contributed by atoms with van der Waals surface area (Å²) in [4.78, 5) is 24.0. The van der Waals surface area contributed by atoms with Crippen molar-refractivity contribution in [3.05, 3.63) is 0 Å². The van der Waals surface area contributed by atoms with Gasteiger partial charge in [-0.15, -0.1) is 0 Å². The number of carbonyl (C=O) groups is 2. The van der Waals surface area contributed by atoms with E-state index in [4.69, 9.17) is 0 Å². The minimum absolute atomic E-state index is 0.337. The van der Waals surface area contributed by atoms with Gasteiger partial charge >= 0.3 is 18.2 Å². The molecule has 16 heavy (non-hydrogen) atoms. The van der Waals surface area contributed by atoms with Crippen LogP contribution in [0.25, 0.3) is 0 Å². The average Bonchev–Trinajstić information content (AvgIpc) is 1.98. The number of halogens is 3. The lowest BCUT2D eigenvalue weighted by Gasteiger charge is -2.16. The van der Waals surface area contributed by atoms with Gasteiger partial charge < -0.3 is 10.1 Å². The molecule has 2 amide bonds. The van der Waals surface area contributed by atoms with E-state index in [2.05, 4.69) is 9.73 Å². The first-order valence-corrected chi connectivity index (χ1v) is 4.15. The number of nitrogens with one attached hydrogen (secondary N) is 1. The molecule has 0 bridgehead atoms. The lowest BCUT2D eigenvalue weighted by molar-refractivity contribution is -0.171. The molecule has 0 unspecified atom stereocenters. The number of alkyl halides is 3. The maximum absolute atomic E-state index is 11.7. The molecule has 92 valence electrons. The molecule has 0 rings (SSSR count). The Labute approximate surface area is 89.7 Å². The normalized spacial score (nSPS) is 12.6. The molecular formula is C8H11F3N2O3. The van der Waals surface area contributed by atoms with Crippen LogP contribution in [0.3, 0.4) is 0 Å². The van der Waals surface area contributed by atoms with Gasteiger partial charge in [0.1, 0.15) is 11.9 Å². The minimum Gasteiger partial charge on any atom is -0.442 e. The number of hydrogen-bond donors (Lipinski definition) is 1. The highest BCUT2D eigenvalue weighted by Crippen LogP contribution is 2.13. The van der Waals surface area contributed by atoms with Gasteiger partial charge in [-0.05, 0) is 20.8 Å². The zero-order valence-corrected chi connectivity index (χ0v) is 8.88. The molecule has 0 aliphatic carbocycles. The molecule has 8 heteroatoms. The molecule has 0 saturated carbocycles. The molecule has 0 aliphatic rings. The van der Waals surface area contributed by atoms with E-state index in [1.807, 2.05) is 0 Å². The van der Waals surface area contributed by atoms with Gasteiger partial charge in [-0.25, -0.2) is 4.79 Å². The summed E-state index contributed by atoms with van der Waals surface area (Å²) in [6, 6.07) is 0. The van der Waals surface area contributed by atoms with E-state index in [1.54, 1.807) is 20.8 Å². The van der Waals surface area contributed by atoms with E-state index in [0.29, 0.717) is 6.34 Å². The van der Waals surface area contributed by atoms with Gasteiger partial charge in [-0.2, -0.15) is 18.2 Å². The van der Waals surface area contributed by atoms with Crippen molar-refractivity contribution < 1.29 is 27.5 Å². The summed E-state index contributed by atoms with van der Waals surface area (Å²) in [6.45, 7) is 4.69. The van der Waals surface area contributed by atoms with Gasteiger partial charge in [-0.1, -0.05) is 0 Å². The fourth-order valence-corrected chi connectivity index (χ4v) is 0.514. The molecule has 0 aliphatic heterocycles. The molecule has 0 heterocycles. The zero-order chi connectivity index (χ0) is 13.0. The van der Waals surface area contributed by atoms with Crippen LogP contribution in [0.2, 0.25) is 0 Å². The van der Waals surface area contributed by atoms with Crippen LogP contribution in [-0.4, -0.2) is 30.1 Å². The molecule has 0 aromatic rings. The van der Waals surface area contributed by atoms with Gasteiger partial charge in [0, 0.05) is 0 Å². The zero-order valence-electron chi connectivity index (χ0n) is 8.88. The second-order valence-electron chi connectivity index (χ2n) is 3.71. The smallest absolute Gasteiger partial charge is 0.442 e. The summed E-state index contributed by atoms with van der Waals surface area (Å²) in [5.74, 6) is -2.21. The third-order valence-corrected chi connectivity index (χ3v) is 1.02. The van der Waals surface area contributed by atoms with E-state index < -0.39 is 23.8 Å². The third kappa shape index (κ3) is 6.80. The lowest BCUT2D eigenvalue weighted by Crippen LogP contribution is -2.36. The Morgan fingerprint density at radius 3 is 2.12 bits per heavy atom. The monoisotopic (exact) mass is 240 g/mol. The fraction of sp³-hybridized carbons (Fsp3) is 0.625. The average molecular weight is 240 g/mol. The van der Waals surface area contributed by atoms with Crippen LogP contribution in [0.5, 0.6) is 0 Å². The van der Waals surface area contributed by atoms with Gasteiger partial charge in [0.15, 0.2) is 0 Å². The van der Waals surface area contributed by atoms with E-state index in [-0.39, 0.29) is 0 Å². The van der Waals surface area contributed by atoms with Gasteiger partial charge in [-0.3, -0.25) is 4.79 Å². The van der Waals surface area contributed by atoms with Crippen molar-refractivity contribution >= 4 is 18.3 Å². The molecule has 0 atom stereocenters. The standard InChI is InChI=1S/C8H11F3N2O3/c1-7(2,3)16-6(15)13-4-12-5(14)8(9,10)11/h4H,1-3H3,(H,12,13,14,15). The Morgan fingerprint density at radius 2 is 1.75 bits per heavy atom. The summed E-state index contributed by atoms with van der Waals surface area (Å²) < 4.78 is 39.6. The van der Waals surface area contributed by atoms with Crippen molar-refractivity contribution in [1.29, 1.82) is 0 Å². The predicted octanol–water partition coefficient (Wildman–Crippen LogP) is 1.63. The molecule has 1 N–H and O–H groups in total. The van der Waals surface area contributed by atoms with E-state index >= 15 is 0 Å². The first kappa shape index (κ1) is 14.4. The van der Waals surface area contributed by atoms with Crippen LogP contribution in [0.15, 0.2) is 4.99 Å². The number of carbonyl (C=O) groups excluding carboxylic acids is 2. The third-order valence-electron chi connectivity index (χ3n) is 1.02. The molecule has 0 saturated heterocycles. The van der Waals surface area contributed by atoms with Crippen LogP contribution in [-0.2, 0) is 9.53 Å². The second-order valence-corrected chi connectivity index (χ2v) is 3.71. The first-order valence-electron chi connectivity index (χ1n) is 4.15. The Bertz CT molecular complexity index is 305. The van der Waals surface area contributed by atoms with Crippen molar-refractivity contribution in [1.82, 2.24) is 5.32 Å². The molecule has 0 radical (unpaired) electrons. The van der Waals surface area contributed by atoms with E-state index in [9.17, 15) is 22.8 Å². The van der Waals surface area contributed by atoms with Crippen LogP contribution in [0.4, 0.5) is 18.0 Å². The number of amides is 2. The lowest BCUT2D eigenvalue weighted by atomic mass is 10.2. The van der Waals surface area contributed by atoms with Crippen molar-refractivity contribution in [2.24, 2.45) is 4.99 Å². The largest absolute Gasteiger partial charge is 0.471 e. The highest BCUT2D eigenvalue weighted by atomic mass is 19.4. The summed E-state index contributed by atoms with van der Waals surface area (Å²) in [5, 5.41) is 1.28. The summed E-state index contributed by atoms with van der Waals surface area (Å²) in [6.07, 6.45) is -5.76. The van der Waals surface area contributed by atoms with E-state index in [0.717, 1.165) is 0 Å². The van der Waals surface area contributed by atoms with Crippen molar-refractivity contribution in [2.75, 3.05) is 0 Å². The second kappa shape index (κ2) is 4.95. The quantitative estimate of drug-likeness (QED) is 0.559. The Kier molecular flexibility index (Phi) is 4.46. The highest BCUT2D eigenvalue weighted by molar-refractivity contribution is 5.93. The molecule has 0 aromatic heterocycles. The molecule has 0 spiro atoms. The first-order chi connectivity index (χ1) is 7.02. The highest BCUT2D eigenvalue weighted by Gasteiger charge is 2.38. The molecule has 0 aromatic carbocycles. The summed E-state index contributed by atoms with van der Waals surface area (Å²) in [7, 11) is 0. The van der Waals surface area contributed by atoms with Crippen molar-refractivity contribution in [3.63, 3.8) is 0 Å². The van der Waals surface area contributed by atoms with Crippen molar-refractivity contribution in [3.8, 4) is 0 Å². The van der Waals surface area contributed by atoms with Gasteiger partial charge in [0.05, 0.1) is 0 Å². The fourth-order valence-electron chi connectivity index (χ4n) is 0.514. The summed E-state index contributed by atoms with van der Waals surface area (Å²) in [5.41, 5.74) is -0.803. The Morgan fingerprint density at radius 1 is 1.25 bits per heavy atom. The summed E-state index contributed by atoms with van der Waals surface area (Å²) >= 11 is 0. The van der Waals surface area contributed by atoms with Crippen LogP contribution < -0.4 is 5.32 Å². The topological polar surface area (TPSA) is 67.8 Å². The SMILES string of the molecule is CC(C)(C)OC(=O)N=CNC(=O)C(F)(F)F. The Balaban J connectivity index is 4.13. The van der Waals surface area contributed by atoms with Crippen LogP contribution >= 0.6 is 0 Å². The maximum Gasteiger partial charge on any atom is 0.471 e. The Hall–Kier alpha value is -1.60. The van der Waals surface area contributed by atoms with Crippen molar-refractivity contribution in [2.45, 2.75) is 32.5 Å². The molecule has 0 fully saturated rings. The van der Waals surface area contributed by atoms with Crippen LogP contribution in [0.1, 0.15) is 20.8 Å². The predicted molar refractivity (Wildman–Crippen MR) is 48.9 cm³/mol. The number of aliphatic imine (C=N–C) groups is 1. The van der Waals surface area contributed by atoms with Gasteiger partial charge in [0.25, 0.3) is 0 Å². The molecular weight excluding hydrogens is 229 g/mol. The number of ether oxygens (including phenoxy) is 1. The molecule has 5 nitrogen and oxygen atoms in total. The van der Waals surface area contributed by atoms with Crippen LogP contribution in [0, 0.1) is 0 Å². The maximum atomic E-state index is 11.7. The minimum atomic E-state index is -5.01. The van der Waals surface area contributed by atoms with Gasteiger partial charge in [0.2, 0.25) is 0 Å². The number of nitrogens with zero attached hydrogens (tertiary/aromatic N) is 1. The number of hydrogen-bond acceptors (Lipinski definition) is 3. The van der Waals surface area contributed by atoms with E-state index in [1.165, 1.54) is 5.32 Å². The number of rotatable bonds is 1.